The number of nitrogens with one attached hydrogen (secondary N) is 1. The monoisotopic (exact) mass is 260 g/mol. The first-order chi connectivity index (χ1) is 9.13. The van der Waals surface area contributed by atoms with Crippen LogP contribution in [0.1, 0.15) is 41.7 Å². The van der Waals surface area contributed by atoms with Gasteiger partial charge in [0.2, 0.25) is 0 Å². The normalized spacial score (nSPS) is 28.6. The molecule has 102 valence electrons. The summed E-state index contributed by atoms with van der Waals surface area (Å²) in [6.45, 7) is 2.78. The van der Waals surface area contributed by atoms with Gasteiger partial charge in [0.1, 0.15) is 5.56 Å². The van der Waals surface area contributed by atoms with Crippen molar-refractivity contribution in [3.63, 3.8) is 0 Å². The summed E-state index contributed by atoms with van der Waals surface area (Å²) in [5.41, 5.74) is 1.83. The van der Waals surface area contributed by atoms with E-state index in [-0.39, 0.29) is 5.56 Å². The number of hydrogen-bond donors (Lipinski definition) is 2. The molecule has 0 aliphatic heterocycles. The Balaban J connectivity index is 1.69. The quantitative estimate of drug-likeness (QED) is 0.873. The minimum atomic E-state index is -0.914. The van der Waals surface area contributed by atoms with Gasteiger partial charge in [0.05, 0.1) is 5.69 Å². The lowest BCUT2D eigenvalue weighted by Crippen LogP contribution is -2.21. The first-order valence-corrected chi connectivity index (χ1v) is 7.07. The van der Waals surface area contributed by atoms with Gasteiger partial charge in [-0.05, 0) is 50.0 Å². The summed E-state index contributed by atoms with van der Waals surface area (Å²) < 4.78 is 0. The maximum absolute atomic E-state index is 11.2. The number of anilines is 1. The molecule has 2 fully saturated rings. The molecule has 3 rings (SSSR count). The lowest BCUT2D eigenvalue weighted by atomic mass is 9.89. The number of aromatic carboxylic acids is 1. The number of nitrogens with zero attached hydrogens (tertiary/aromatic N) is 1. The number of rotatable bonds is 4. The molecule has 3 unspecified atom stereocenters. The standard InChI is InChI=1S/C15H20N2O2/c1-9-4-14(13(8-16-9)15(18)19)17-7-12-6-10-2-3-11(12)5-10/h4,8,10-12H,2-3,5-7H2,1H3,(H,16,17)(H,18,19). The SMILES string of the molecule is Cc1cc(NCC2CC3CCC2C3)c(C(=O)O)cn1. The first-order valence-electron chi connectivity index (χ1n) is 7.07. The van der Waals surface area contributed by atoms with Gasteiger partial charge in [-0.3, -0.25) is 4.98 Å². The average Bonchev–Trinajstić information content (AvgIpc) is 2.98. The number of fused-ring (bicyclic) bond motifs is 2. The van der Waals surface area contributed by atoms with Gasteiger partial charge in [0.25, 0.3) is 0 Å². The van der Waals surface area contributed by atoms with Crippen LogP contribution in [0.3, 0.4) is 0 Å². The van der Waals surface area contributed by atoms with Crippen LogP contribution in [-0.2, 0) is 0 Å². The molecule has 2 N–H and O–H groups in total. The molecule has 4 nitrogen and oxygen atoms in total. The van der Waals surface area contributed by atoms with Crippen LogP contribution < -0.4 is 5.32 Å². The maximum Gasteiger partial charge on any atom is 0.339 e. The van der Waals surface area contributed by atoms with E-state index in [1.165, 1.54) is 31.9 Å². The van der Waals surface area contributed by atoms with Gasteiger partial charge in [-0.15, -0.1) is 0 Å². The Morgan fingerprint density at radius 3 is 2.95 bits per heavy atom. The van der Waals surface area contributed by atoms with Crippen LogP contribution in [-0.4, -0.2) is 22.6 Å². The van der Waals surface area contributed by atoms with Crippen LogP contribution in [0.25, 0.3) is 0 Å². The zero-order chi connectivity index (χ0) is 13.4. The summed E-state index contributed by atoms with van der Waals surface area (Å²) in [6.07, 6.45) is 6.90. The summed E-state index contributed by atoms with van der Waals surface area (Å²) >= 11 is 0. The molecular formula is C15H20N2O2. The number of aromatic nitrogens is 1. The highest BCUT2D eigenvalue weighted by atomic mass is 16.4. The van der Waals surface area contributed by atoms with Crippen molar-refractivity contribution in [2.75, 3.05) is 11.9 Å². The number of hydrogen-bond acceptors (Lipinski definition) is 3. The van der Waals surface area contributed by atoms with E-state index in [0.717, 1.165) is 24.1 Å². The molecule has 1 heterocycles. The van der Waals surface area contributed by atoms with Gasteiger partial charge in [0, 0.05) is 18.4 Å². The van der Waals surface area contributed by atoms with Crippen molar-refractivity contribution in [1.29, 1.82) is 0 Å². The Bertz CT molecular complexity index is 501. The molecule has 0 radical (unpaired) electrons. The van der Waals surface area contributed by atoms with E-state index < -0.39 is 5.97 Å². The molecule has 2 saturated carbocycles. The largest absolute Gasteiger partial charge is 0.478 e. The fourth-order valence-electron chi connectivity index (χ4n) is 3.74. The third-order valence-electron chi connectivity index (χ3n) is 4.71. The molecule has 2 aliphatic carbocycles. The highest BCUT2D eigenvalue weighted by Crippen LogP contribution is 2.48. The van der Waals surface area contributed by atoms with Crippen molar-refractivity contribution in [3.05, 3.63) is 23.5 Å². The summed E-state index contributed by atoms with van der Waals surface area (Å²) in [7, 11) is 0. The van der Waals surface area contributed by atoms with E-state index in [2.05, 4.69) is 10.3 Å². The Kier molecular flexibility index (Phi) is 3.17. The smallest absolute Gasteiger partial charge is 0.339 e. The van der Waals surface area contributed by atoms with Crippen LogP contribution in [0, 0.1) is 24.7 Å². The van der Waals surface area contributed by atoms with Crippen LogP contribution in [0.4, 0.5) is 5.69 Å². The highest BCUT2D eigenvalue weighted by Gasteiger charge is 2.39. The first kappa shape index (κ1) is 12.5. The average molecular weight is 260 g/mol. The van der Waals surface area contributed by atoms with Crippen LogP contribution in [0.2, 0.25) is 0 Å². The van der Waals surface area contributed by atoms with Gasteiger partial charge in [-0.25, -0.2) is 4.79 Å². The van der Waals surface area contributed by atoms with Crippen molar-refractivity contribution in [2.24, 2.45) is 17.8 Å². The Morgan fingerprint density at radius 2 is 2.32 bits per heavy atom. The molecule has 3 atom stereocenters. The van der Waals surface area contributed by atoms with E-state index in [0.29, 0.717) is 11.6 Å². The van der Waals surface area contributed by atoms with Crippen LogP contribution in [0.5, 0.6) is 0 Å². The number of carbonyl (C=O) groups is 1. The minimum Gasteiger partial charge on any atom is -0.478 e. The summed E-state index contributed by atoms with van der Waals surface area (Å²) in [5.74, 6) is 1.58. The van der Waals surface area contributed by atoms with Crippen LogP contribution >= 0.6 is 0 Å². The second-order valence-electron chi connectivity index (χ2n) is 5.99. The molecule has 2 aliphatic rings. The fraction of sp³-hybridized carbons (Fsp3) is 0.600. The number of carboxylic acids is 1. The van der Waals surface area contributed by atoms with E-state index in [1.807, 2.05) is 13.0 Å². The number of pyridine rings is 1. The lowest BCUT2D eigenvalue weighted by molar-refractivity contribution is 0.0697. The molecule has 0 aromatic carbocycles. The molecule has 2 bridgehead atoms. The van der Waals surface area contributed by atoms with Gasteiger partial charge >= 0.3 is 5.97 Å². The topological polar surface area (TPSA) is 62.2 Å². The molecule has 4 heteroatoms. The maximum atomic E-state index is 11.2. The molecular weight excluding hydrogens is 240 g/mol. The zero-order valence-electron chi connectivity index (χ0n) is 11.2. The second-order valence-corrected chi connectivity index (χ2v) is 5.99. The molecule has 0 amide bonds. The Hall–Kier alpha value is -1.58. The molecule has 1 aromatic heterocycles. The van der Waals surface area contributed by atoms with E-state index in [1.54, 1.807) is 0 Å². The predicted molar refractivity (Wildman–Crippen MR) is 73.4 cm³/mol. The van der Waals surface area contributed by atoms with Gasteiger partial charge < -0.3 is 10.4 Å². The molecule has 0 spiro atoms. The molecule has 1 aromatic rings. The second kappa shape index (κ2) is 4.83. The van der Waals surface area contributed by atoms with E-state index in [9.17, 15) is 9.90 Å². The summed E-state index contributed by atoms with van der Waals surface area (Å²) in [5, 5.41) is 12.5. The lowest BCUT2D eigenvalue weighted by Gasteiger charge is -2.22. The fourth-order valence-corrected chi connectivity index (χ4v) is 3.74. The number of carboxylic acid groups (broad SMARTS) is 1. The van der Waals surface area contributed by atoms with Crippen LogP contribution in [0.15, 0.2) is 12.3 Å². The van der Waals surface area contributed by atoms with Crippen molar-refractivity contribution < 1.29 is 9.90 Å². The van der Waals surface area contributed by atoms with Crippen molar-refractivity contribution in [2.45, 2.75) is 32.6 Å². The summed E-state index contributed by atoms with van der Waals surface area (Å²) in [6, 6.07) is 1.83. The van der Waals surface area contributed by atoms with Crippen molar-refractivity contribution in [1.82, 2.24) is 4.98 Å². The molecule has 0 saturated heterocycles. The third kappa shape index (κ3) is 2.44. The Morgan fingerprint density at radius 1 is 1.47 bits per heavy atom. The zero-order valence-corrected chi connectivity index (χ0v) is 11.2. The van der Waals surface area contributed by atoms with Gasteiger partial charge in [0.15, 0.2) is 0 Å². The van der Waals surface area contributed by atoms with Crippen molar-refractivity contribution in [3.8, 4) is 0 Å². The third-order valence-corrected chi connectivity index (χ3v) is 4.71. The van der Waals surface area contributed by atoms with E-state index >= 15 is 0 Å². The van der Waals surface area contributed by atoms with Crippen molar-refractivity contribution >= 4 is 11.7 Å². The molecule has 19 heavy (non-hydrogen) atoms. The van der Waals surface area contributed by atoms with E-state index in [4.69, 9.17) is 0 Å². The summed E-state index contributed by atoms with van der Waals surface area (Å²) in [4.78, 5) is 15.2. The Labute approximate surface area is 113 Å². The van der Waals surface area contributed by atoms with Gasteiger partial charge in [-0.1, -0.05) is 6.42 Å². The predicted octanol–water partition coefficient (Wildman–Crippen LogP) is 2.94. The van der Waals surface area contributed by atoms with Gasteiger partial charge in [-0.2, -0.15) is 0 Å². The highest BCUT2D eigenvalue weighted by molar-refractivity contribution is 5.93. The minimum absolute atomic E-state index is 0.272. The number of aryl methyl sites for hydroxylation is 1.